The molecule has 3 aliphatic heterocycles. The van der Waals surface area contributed by atoms with Gasteiger partial charge in [0.1, 0.15) is 5.82 Å². The predicted molar refractivity (Wildman–Crippen MR) is 133 cm³/mol. The molecule has 4 heterocycles. The number of halogens is 1. The molecule has 0 atom stereocenters. The molecule has 3 aliphatic rings. The Labute approximate surface area is 204 Å². The molecule has 0 aliphatic carbocycles. The Bertz CT molecular complexity index is 1160. The van der Waals surface area contributed by atoms with Crippen molar-refractivity contribution in [3.8, 4) is 0 Å². The molecule has 0 saturated carbocycles. The van der Waals surface area contributed by atoms with Gasteiger partial charge in [0.2, 0.25) is 0 Å². The Hall–Kier alpha value is -3.01. The zero-order chi connectivity index (χ0) is 24.5. The van der Waals surface area contributed by atoms with Gasteiger partial charge in [0.15, 0.2) is 0 Å². The smallest absolute Gasteiger partial charge is 0.256 e. The van der Waals surface area contributed by atoms with Gasteiger partial charge in [0, 0.05) is 75.0 Å². The highest BCUT2D eigenvalue weighted by atomic mass is 19.1. The van der Waals surface area contributed by atoms with Crippen molar-refractivity contribution < 1.29 is 18.7 Å². The summed E-state index contributed by atoms with van der Waals surface area (Å²) >= 11 is 0. The van der Waals surface area contributed by atoms with Gasteiger partial charge in [0.05, 0.1) is 24.4 Å². The molecule has 2 N–H and O–H groups in total. The first-order valence-corrected chi connectivity index (χ1v) is 12.2. The normalized spacial score (nSPS) is 20.4. The maximum Gasteiger partial charge on any atom is 0.256 e. The van der Waals surface area contributed by atoms with Crippen LogP contribution < -0.4 is 5.32 Å². The van der Waals surface area contributed by atoms with Gasteiger partial charge in [-0.2, -0.15) is 0 Å². The molecule has 0 bridgehead atoms. The Morgan fingerprint density at radius 1 is 1.06 bits per heavy atom. The summed E-state index contributed by atoms with van der Waals surface area (Å²) in [6, 6.07) is 4.24. The quantitative estimate of drug-likeness (QED) is 0.641. The maximum atomic E-state index is 13.8. The standard InChI is InChI=1S/C26H32FN5O3/c1-17-23(16-21-20-15-19(27)3-4-22(20)29-25(21)33)28-18(2)24(17)26(34)32-9-7-30(8-10-32)5-6-31-11-13-35-14-12-31/h3-4,15-16,28H,5-14H2,1-2H3,(H,29,33). The first kappa shape index (κ1) is 23.7. The van der Waals surface area contributed by atoms with Crippen molar-refractivity contribution in [3.05, 3.63) is 52.1 Å². The maximum absolute atomic E-state index is 13.8. The number of fused-ring (bicyclic) bond motifs is 1. The van der Waals surface area contributed by atoms with E-state index in [1.54, 1.807) is 12.1 Å². The van der Waals surface area contributed by atoms with Gasteiger partial charge >= 0.3 is 0 Å². The van der Waals surface area contributed by atoms with E-state index >= 15 is 0 Å². The number of amides is 2. The third kappa shape index (κ3) is 4.89. The molecular formula is C26H32FN5O3. The summed E-state index contributed by atoms with van der Waals surface area (Å²) in [5.41, 5.74) is 4.42. The number of benzene rings is 1. The minimum atomic E-state index is -0.398. The van der Waals surface area contributed by atoms with Crippen molar-refractivity contribution in [3.63, 3.8) is 0 Å². The van der Waals surface area contributed by atoms with Crippen molar-refractivity contribution in [1.29, 1.82) is 0 Å². The van der Waals surface area contributed by atoms with Crippen LogP contribution in [0.1, 0.15) is 32.9 Å². The van der Waals surface area contributed by atoms with Crippen molar-refractivity contribution in [2.24, 2.45) is 0 Å². The van der Waals surface area contributed by atoms with E-state index in [2.05, 4.69) is 20.1 Å². The first-order valence-electron chi connectivity index (χ1n) is 12.2. The topological polar surface area (TPSA) is 80.9 Å². The molecule has 2 saturated heterocycles. The summed E-state index contributed by atoms with van der Waals surface area (Å²) in [5, 5.41) is 2.77. The molecule has 2 aromatic rings. The van der Waals surface area contributed by atoms with Crippen LogP contribution in [0.25, 0.3) is 11.6 Å². The lowest BCUT2D eigenvalue weighted by atomic mass is 10.0. The van der Waals surface area contributed by atoms with E-state index in [0.717, 1.165) is 63.7 Å². The third-order valence-corrected chi connectivity index (χ3v) is 7.24. The molecule has 2 amide bonds. The summed E-state index contributed by atoms with van der Waals surface area (Å²) in [6.45, 7) is 12.5. The minimum absolute atomic E-state index is 0.0102. The molecule has 8 nitrogen and oxygen atoms in total. The average Bonchev–Trinajstić information content (AvgIpc) is 3.32. The Morgan fingerprint density at radius 2 is 1.74 bits per heavy atom. The number of piperazine rings is 1. The van der Waals surface area contributed by atoms with Crippen molar-refractivity contribution in [2.45, 2.75) is 13.8 Å². The van der Waals surface area contributed by atoms with Gasteiger partial charge in [-0.3, -0.25) is 19.4 Å². The van der Waals surface area contributed by atoms with E-state index in [4.69, 9.17) is 4.74 Å². The minimum Gasteiger partial charge on any atom is -0.379 e. The Kier molecular flexibility index (Phi) is 6.73. The van der Waals surface area contributed by atoms with Gasteiger partial charge in [0.25, 0.3) is 11.8 Å². The summed E-state index contributed by atoms with van der Waals surface area (Å²) in [6.07, 6.45) is 1.71. The number of aromatic amines is 1. The van der Waals surface area contributed by atoms with E-state index in [1.807, 2.05) is 18.7 Å². The molecule has 9 heteroatoms. The van der Waals surface area contributed by atoms with Crippen LogP contribution in [0.5, 0.6) is 0 Å². The highest BCUT2D eigenvalue weighted by Gasteiger charge is 2.28. The number of hydrogen-bond acceptors (Lipinski definition) is 5. The number of morpholine rings is 1. The van der Waals surface area contributed by atoms with Crippen LogP contribution in [0.15, 0.2) is 18.2 Å². The number of nitrogens with zero attached hydrogens (tertiary/aromatic N) is 3. The average molecular weight is 482 g/mol. The summed E-state index contributed by atoms with van der Waals surface area (Å²) in [4.78, 5) is 36.0. The second kappa shape index (κ2) is 9.93. The lowest BCUT2D eigenvalue weighted by molar-refractivity contribution is -0.110. The van der Waals surface area contributed by atoms with Gasteiger partial charge in [-0.15, -0.1) is 0 Å². The van der Waals surface area contributed by atoms with E-state index < -0.39 is 5.82 Å². The first-order chi connectivity index (χ1) is 16.9. The molecule has 1 aromatic carbocycles. The van der Waals surface area contributed by atoms with Gasteiger partial charge in [-0.05, 0) is 43.7 Å². The number of carbonyl (C=O) groups excluding carboxylic acids is 2. The highest BCUT2D eigenvalue weighted by Crippen LogP contribution is 2.34. The lowest BCUT2D eigenvalue weighted by Crippen LogP contribution is -2.51. The third-order valence-electron chi connectivity index (χ3n) is 7.24. The zero-order valence-corrected chi connectivity index (χ0v) is 20.3. The van der Waals surface area contributed by atoms with Crippen molar-refractivity contribution in [2.75, 3.05) is 70.9 Å². The largest absolute Gasteiger partial charge is 0.379 e. The SMILES string of the molecule is Cc1[nH]c(C=C2C(=O)Nc3ccc(F)cc32)c(C)c1C(=O)N1CCN(CCN2CCOCC2)CC1. The molecule has 0 radical (unpaired) electrons. The molecule has 2 fully saturated rings. The zero-order valence-electron chi connectivity index (χ0n) is 20.3. The monoisotopic (exact) mass is 481 g/mol. The van der Waals surface area contributed by atoms with Crippen LogP contribution in [0.3, 0.4) is 0 Å². The second-order valence-electron chi connectivity index (χ2n) is 9.45. The molecule has 5 rings (SSSR count). The van der Waals surface area contributed by atoms with Crippen LogP contribution in [0.4, 0.5) is 10.1 Å². The van der Waals surface area contributed by atoms with Crippen molar-refractivity contribution in [1.82, 2.24) is 19.7 Å². The number of nitrogens with one attached hydrogen (secondary N) is 2. The molecule has 0 spiro atoms. The summed E-state index contributed by atoms with van der Waals surface area (Å²) < 4.78 is 19.2. The summed E-state index contributed by atoms with van der Waals surface area (Å²) in [7, 11) is 0. The van der Waals surface area contributed by atoms with Crippen LogP contribution in [0, 0.1) is 19.7 Å². The fourth-order valence-electron chi connectivity index (χ4n) is 5.13. The predicted octanol–water partition coefficient (Wildman–Crippen LogP) is 2.35. The molecule has 186 valence electrons. The van der Waals surface area contributed by atoms with Gasteiger partial charge in [-0.1, -0.05) is 0 Å². The Balaban J connectivity index is 1.26. The number of carbonyl (C=O) groups is 2. The van der Waals surface area contributed by atoms with Crippen molar-refractivity contribution >= 4 is 29.2 Å². The number of anilines is 1. The van der Waals surface area contributed by atoms with E-state index in [1.165, 1.54) is 12.1 Å². The molecular weight excluding hydrogens is 449 g/mol. The van der Waals surface area contributed by atoms with Crippen LogP contribution in [-0.2, 0) is 9.53 Å². The van der Waals surface area contributed by atoms with Gasteiger partial charge in [-0.25, -0.2) is 4.39 Å². The van der Waals surface area contributed by atoms with E-state index in [-0.39, 0.29) is 11.8 Å². The molecule has 0 unspecified atom stereocenters. The van der Waals surface area contributed by atoms with Crippen LogP contribution in [-0.4, -0.2) is 97.1 Å². The highest BCUT2D eigenvalue weighted by molar-refractivity contribution is 6.34. The fourth-order valence-corrected chi connectivity index (χ4v) is 5.13. The number of H-pyrrole nitrogens is 1. The van der Waals surface area contributed by atoms with E-state index in [0.29, 0.717) is 41.2 Å². The number of aromatic nitrogens is 1. The number of ether oxygens (including phenoxy) is 1. The van der Waals surface area contributed by atoms with Crippen LogP contribution in [0.2, 0.25) is 0 Å². The fraction of sp³-hybridized carbons (Fsp3) is 0.462. The lowest BCUT2D eigenvalue weighted by Gasteiger charge is -2.36. The van der Waals surface area contributed by atoms with Gasteiger partial charge < -0.3 is 19.9 Å². The molecule has 1 aromatic heterocycles. The Morgan fingerprint density at radius 3 is 2.46 bits per heavy atom. The number of rotatable bonds is 5. The number of aryl methyl sites for hydroxylation is 1. The molecule has 35 heavy (non-hydrogen) atoms. The number of hydrogen-bond donors (Lipinski definition) is 2. The van der Waals surface area contributed by atoms with E-state index in [9.17, 15) is 14.0 Å². The van der Waals surface area contributed by atoms with Crippen LogP contribution >= 0.6 is 0 Å². The second-order valence-corrected chi connectivity index (χ2v) is 9.45. The summed E-state index contributed by atoms with van der Waals surface area (Å²) in [5.74, 6) is -0.667.